The summed E-state index contributed by atoms with van der Waals surface area (Å²) in [6, 6.07) is 2.16. The van der Waals surface area contributed by atoms with Gasteiger partial charge in [0, 0.05) is 5.92 Å². The van der Waals surface area contributed by atoms with Crippen LogP contribution >= 0.6 is 0 Å². The van der Waals surface area contributed by atoms with E-state index in [2.05, 4.69) is 11.4 Å². The minimum absolute atomic E-state index is 0.157. The fourth-order valence-electron chi connectivity index (χ4n) is 1.92. The Kier molecular flexibility index (Phi) is 1.80. The molecule has 3 nitrogen and oxygen atoms in total. The molecule has 3 atom stereocenters. The van der Waals surface area contributed by atoms with Crippen LogP contribution in [0.1, 0.15) is 19.3 Å². The summed E-state index contributed by atoms with van der Waals surface area (Å²) in [6.07, 6.45) is 3.39. The van der Waals surface area contributed by atoms with E-state index in [1.165, 1.54) is 12.8 Å². The van der Waals surface area contributed by atoms with Crippen molar-refractivity contribution in [1.29, 1.82) is 5.26 Å². The summed E-state index contributed by atoms with van der Waals surface area (Å²) in [7, 11) is 0. The second-order valence-electron chi connectivity index (χ2n) is 3.27. The highest BCUT2D eigenvalue weighted by atomic mass is 16.5. The van der Waals surface area contributed by atoms with Crippen LogP contribution in [-0.2, 0) is 4.74 Å². The first-order valence-electron chi connectivity index (χ1n) is 4.18. The molecule has 11 heavy (non-hydrogen) atoms. The number of piperidine rings is 1. The van der Waals surface area contributed by atoms with Gasteiger partial charge in [-0.1, -0.05) is 0 Å². The molecule has 0 aromatic heterocycles. The van der Waals surface area contributed by atoms with Gasteiger partial charge in [0.15, 0.2) is 0 Å². The van der Waals surface area contributed by atoms with Gasteiger partial charge in [-0.3, -0.25) is 5.32 Å². The van der Waals surface area contributed by atoms with E-state index in [0.717, 1.165) is 13.0 Å². The van der Waals surface area contributed by atoms with Crippen molar-refractivity contribution in [3.8, 4) is 6.07 Å². The molecule has 0 radical (unpaired) electrons. The zero-order chi connectivity index (χ0) is 7.68. The number of fused-ring (bicyclic) bond motifs is 1. The van der Waals surface area contributed by atoms with Crippen molar-refractivity contribution >= 4 is 0 Å². The molecule has 2 fully saturated rings. The van der Waals surface area contributed by atoms with Gasteiger partial charge in [-0.05, 0) is 25.8 Å². The normalized spacial score (nSPS) is 43.0. The zero-order valence-electron chi connectivity index (χ0n) is 6.42. The molecule has 0 aliphatic carbocycles. The van der Waals surface area contributed by atoms with E-state index in [-0.39, 0.29) is 12.3 Å². The average Bonchev–Trinajstić information content (AvgIpc) is 2.46. The standard InChI is InChI=1S/C8H12N2O/c9-5-7-4-6-2-1-3-10-8(6)11-7/h6-8,10H,1-4H2. The Bertz CT molecular complexity index is 173. The van der Waals surface area contributed by atoms with Crippen molar-refractivity contribution in [3.05, 3.63) is 0 Å². The molecular weight excluding hydrogens is 140 g/mol. The Hall–Kier alpha value is -0.590. The monoisotopic (exact) mass is 152 g/mol. The largest absolute Gasteiger partial charge is 0.345 e. The van der Waals surface area contributed by atoms with Crippen LogP contribution in [0.3, 0.4) is 0 Å². The summed E-state index contributed by atoms with van der Waals surface area (Å²) in [5.74, 6) is 0.591. The molecule has 0 saturated carbocycles. The van der Waals surface area contributed by atoms with Gasteiger partial charge in [0.05, 0.1) is 6.07 Å². The minimum Gasteiger partial charge on any atom is -0.345 e. The highest BCUT2D eigenvalue weighted by Gasteiger charge is 2.36. The summed E-state index contributed by atoms with van der Waals surface area (Å²) in [5.41, 5.74) is 0. The number of nitrogens with zero attached hydrogens (tertiary/aromatic N) is 1. The lowest BCUT2D eigenvalue weighted by atomic mass is 9.95. The molecular formula is C8H12N2O. The van der Waals surface area contributed by atoms with Crippen LogP contribution in [0.5, 0.6) is 0 Å². The molecule has 2 saturated heterocycles. The van der Waals surface area contributed by atoms with Crippen LogP contribution in [0.15, 0.2) is 0 Å². The van der Waals surface area contributed by atoms with Crippen LogP contribution in [0, 0.1) is 17.2 Å². The van der Waals surface area contributed by atoms with E-state index in [9.17, 15) is 0 Å². The molecule has 2 heterocycles. The second kappa shape index (κ2) is 2.80. The molecule has 0 spiro atoms. The number of nitriles is 1. The van der Waals surface area contributed by atoms with Crippen molar-refractivity contribution < 1.29 is 4.74 Å². The van der Waals surface area contributed by atoms with E-state index in [1.54, 1.807) is 0 Å². The third-order valence-electron chi connectivity index (χ3n) is 2.50. The molecule has 0 bridgehead atoms. The molecule has 0 amide bonds. The second-order valence-corrected chi connectivity index (χ2v) is 3.27. The fourth-order valence-corrected chi connectivity index (χ4v) is 1.92. The summed E-state index contributed by atoms with van der Waals surface area (Å²) in [4.78, 5) is 0. The van der Waals surface area contributed by atoms with Crippen molar-refractivity contribution in [1.82, 2.24) is 5.32 Å². The predicted octanol–water partition coefficient (Wildman–Crippen LogP) is 0.625. The van der Waals surface area contributed by atoms with Crippen LogP contribution in [0.4, 0.5) is 0 Å². The zero-order valence-corrected chi connectivity index (χ0v) is 6.42. The van der Waals surface area contributed by atoms with Crippen molar-refractivity contribution in [2.75, 3.05) is 6.54 Å². The van der Waals surface area contributed by atoms with Gasteiger partial charge in [0.2, 0.25) is 0 Å². The Morgan fingerprint density at radius 1 is 1.55 bits per heavy atom. The molecule has 3 unspecified atom stereocenters. The first-order valence-corrected chi connectivity index (χ1v) is 4.18. The van der Waals surface area contributed by atoms with Crippen molar-refractivity contribution in [3.63, 3.8) is 0 Å². The van der Waals surface area contributed by atoms with Crippen molar-refractivity contribution in [2.45, 2.75) is 31.6 Å². The quantitative estimate of drug-likeness (QED) is 0.553. The third kappa shape index (κ3) is 1.24. The van der Waals surface area contributed by atoms with Gasteiger partial charge >= 0.3 is 0 Å². The Morgan fingerprint density at radius 3 is 3.18 bits per heavy atom. The van der Waals surface area contributed by atoms with E-state index in [4.69, 9.17) is 10.00 Å². The Labute approximate surface area is 66.3 Å². The van der Waals surface area contributed by atoms with Crippen LogP contribution < -0.4 is 5.32 Å². The molecule has 0 aromatic carbocycles. The summed E-state index contributed by atoms with van der Waals surface area (Å²) in [6.45, 7) is 1.04. The lowest BCUT2D eigenvalue weighted by molar-refractivity contribution is 0.0245. The molecule has 2 aliphatic heterocycles. The Balaban J connectivity index is 1.99. The smallest absolute Gasteiger partial charge is 0.146 e. The third-order valence-corrected chi connectivity index (χ3v) is 2.50. The maximum atomic E-state index is 8.61. The van der Waals surface area contributed by atoms with Gasteiger partial charge in [-0.2, -0.15) is 5.26 Å². The molecule has 1 N–H and O–H groups in total. The number of rotatable bonds is 0. The van der Waals surface area contributed by atoms with Gasteiger partial charge in [-0.15, -0.1) is 0 Å². The van der Waals surface area contributed by atoms with Crippen LogP contribution in [0.25, 0.3) is 0 Å². The van der Waals surface area contributed by atoms with Gasteiger partial charge in [0.1, 0.15) is 12.3 Å². The summed E-state index contributed by atoms with van der Waals surface area (Å²) >= 11 is 0. The first kappa shape index (κ1) is 7.08. The van der Waals surface area contributed by atoms with E-state index in [1.807, 2.05) is 0 Å². The highest BCUT2D eigenvalue weighted by Crippen LogP contribution is 2.30. The average molecular weight is 152 g/mol. The first-order chi connectivity index (χ1) is 5.40. The molecule has 2 rings (SSSR count). The Morgan fingerprint density at radius 2 is 2.45 bits per heavy atom. The molecule has 60 valence electrons. The van der Waals surface area contributed by atoms with E-state index >= 15 is 0 Å². The van der Waals surface area contributed by atoms with E-state index < -0.39 is 0 Å². The topological polar surface area (TPSA) is 45.0 Å². The predicted molar refractivity (Wildman–Crippen MR) is 39.6 cm³/mol. The van der Waals surface area contributed by atoms with Crippen molar-refractivity contribution in [2.24, 2.45) is 5.92 Å². The number of hydrogen-bond donors (Lipinski definition) is 1. The summed E-state index contributed by atoms with van der Waals surface area (Å²) in [5, 5.41) is 11.9. The number of ether oxygens (including phenoxy) is 1. The SMILES string of the molecule is N#CC1CC2CCCNC2O1. The lowest BCUT2D eigenvalue weighted by Gasteiger charge is -2.24. The molecule has 0 aromatic rings. The number of nitrogens with one attached hydrogen (secondary N) is 1. The number of hydrogen-bond acceptors (Lipinski definition) is 3. The van der Waals surface area contributed by atoms with Gasteiger partial charge in [0.25, 0.3) is 0 Å². The fraction of sp³-hybridized carbons (Fsp3) is 0.875. The highest BCUT2D eigenvalue weighted by molar-refractivity contribution is 4.94. The van der Waals surface area contributed by atoms with Crippen LogP contribution in [0.2, 0.25) is 0 Å². The van der Waals surface area contributed by atoms with E-state index in [0.29, 0.717) is 5.92 Å². The molecule has 3 heteroatoms. The van der Waals surface area contributed by atoms with Crippen LogP contribution in [-0.4, -0.2) is 18.9 Å². The minimum atomic E-state index is -0.157. The lowest BCUT2D eigenvalue weighted by Crippen LogP contribution is -2.38. The van der Waals surface area contributed by atoms with Gasteiger partial charge < -0.3 is 4.74 Å². The maximum absolute atomic E-state index is 8.61. The molecule has 2 aliphatic rings. The summed E-state index contributed by atoms with van der Waals surface area (Å²) < 4.78 is 5.44. The maximum Gasteiger partial charge on any atom is 0.146 e. The van der Waals surface area contributed by atoms with Gasteiger partial charge in [-0.25, -0.2) is 0 Å².